The number of aromatic amines is 1. The number of nitrogens with zero attached hydrogens (tertiary/aromatic N) is 3. The first-order valence-electron chi connectivity index (χ1n) is 10.0. The van der Waals surface area contributed by atoms with Crippen molar-refractivity contribution in [3.8, 4) is 11.3 Å². The third-order valence-corrected chi connectivity index (χ3v) is 5.36. The lowest BCUT2D eigenvalue weighted by atomic mass is 10.1. The summed E-state index contributed by atoms with van der Waals surface area (Å²) in [4.78, 5) is 7.01. The number of pyridine rings is 1. The second-order valence-corrected chi connectivity index (χ2v) is 7.31. The van der Waals surface area contributed by atoms with Gasteiger partial charge in [0.15, 0.2) is 0 Å². The Morgan fingerprint density at radius 2 is 1.83 bits per heavy atom. The smallest absolute Gasteiger partial charge is 0.128 e. The van der Waals surface area contributed by atoms with Crippen LogP contribution in [0.25, 0.3) is 22.2 Å². The molecule has 146 valence electrons. The number of hydrogen-bond acceptors (Lipinski definition) is 5. The van der Waals surface area contributed by atoms with Crippen LogP contribution in [0.15, 0.2) is 66.9 Å². The van der Waals surface area contributed by atoms with Crippen molar-refractivity contribution in [2.75, 3.05) is 36.4 Å². The highest BCUT2D eigenvalue weighted by molar-refractivity contribution is 5.94. The fourth-order valence-electron chi connectivity index (χ4n) is 3.75. The fraction of sp³-hybridized carbons (Fsp3) is 0.217. The van der Waals surface area contributed by atoms with Gasteiger partial charge in [0.1, 0.15) is 11.5 Å². The lowest BCUT2D eigenvalue weighted by molar-refractivity contribution is 0.585. The molecule has 6 heteroatoms. The van der Waals surface area contributed by atoms with E-state index < -0.39 is 0 Å². The van der Waals surface area contributed by atoms with E-state index in [4.69, 9.17) is 4.98 Å². The number of rotatable bonds is 5. The SMILES string of the molecule is c1ccc(CNc2ccc3[nH]nc(-c4ccc(N5CCNCC5)nc4)c3c2)cc1. The number of H-pyrrole nitrogens is 1. The van der Waals surface area contributed by atoms with E-state index in [0.29, 0.717) is 0 Å². The van der Waals surface area contributed by atoms with Gasteiger partial charge in [-0.25, -0.2) is 4.98 Å². The van der Waals surface area contributed by atoms with Crippen molar-refractivity contribution in [2.45, 2.75) is 6.54 Å². The van der Waals surface area contributed by atoms with Crippen LogP contribution in [0.5, 0.6) is 0 Å². The summed E-state index contributed by atoms with van der Waals surface area (Å²) < 4.78 is 0. The number of hydrogen-bond donors (Lipinski definition) is 3. The molecule has 0 aliphatic carbocycles. The topological polar surface area (TPSA) is 68.9 Å². The molecule has 29 heavy (non-hydrogen) atoms. The maximum atomic E-state index is 4.69. The summed E-state index contributed by atoms with van der Waals surface area (Å²) in [6.45, 7) is 4.79. The van der Waals surface area contributed by atoms with Crippen LogP contribution >= 0.6 is 0 Å². The van der Waals surface area contributed by atoms with Gasteiger partial charge in [-0.15, -0.1) is 0 Å². The Hall–Kier alpha value is -3.38. The minimum Gasteiger partial charge on any atom is -0.381 e. The Bertz CT molecular complexity index is 1080. The van der Waals surface area contributed by atoms with Crippen LogP contribution < -0.4 is 15.5 Å². The summed E-state index contributed by atoms with van der Waals surface area (Å²) in [5.41, 5.74) is 5.32. The van der Waals surface area contributed by atoms with Crippen LogP contribution in [0, 0.1) is 0 Å². The predicted octanol–water partition coefficient (Wildman–Crippen LogP) is 3.65. The fourth-order valence-corrected chi connectivity index (χ4v) is 3.75. The summed E-state index contributed by atoms with van der Waals surface area (Å²) >= 11 is 0. The molecule has 0 atom stereocenters. The van der Waals surface area contributed by atoms with Crippen LogP contribution in [-0.4, -0.2) is 41.4 Å². The summed E-state index contributed by atoms with van der Waals surface area (Å²) in [5, 5.41) is 15.7. The van der Waals surface area contributed by atoms with Crippen molar-refractivity contribution in [1.82, 2.24) is 20.5 Å². The van der Waals surface area contributed by atoms with Crippen LogP contribution in [0.1, 0.15) is 5.56 Å². The van der Waals surface area contributed by atoms with Gasteiger partial charge in [0.05, 0.1) is 5.52 Å². The number of nitrogens with one attached hydrogen (secondary N) is 3. The number of anilines is 2. The Kier molecular flexibility index (Phi) is 4.84. The van der Waals surface area contributed by atoms with E-state index in [1.807, 2.05) is 12.3 Å². The van der Waals surface area contributed by atoms with Crippen LogP contribution in [0.3, 0.4) is 0 Å². The molecular weight excluding hydrogens is 360 g/mol. The third kappa shape index (κ3) is 3.79. The highest BCUT2D eigenvalue weighted by atomic mass is 15.2. The first kappa shape index (κ1) is 17.7. The normalized spacial score (nSPS) is 14.3. The van der Waals surface area contributed by atoms with E-state index in [1.165, 1.54) is 5.56 Å². The van der Waals surface area contributed by atoms with Crippen molar-refractivity contribution in [2.24, 2.45) is 0 Å². The van der Waals surface area contributed by atoms with Gasteiger partial charge in [-0.1, -0.05) is 30.3 Å². The highest BCUT2D eigenvalue weighted by Gasteiger charge is 2.13. The quantitative estimate of drug-likeness (QED) is 0.490. The highest BCUT2D eigenvalue weighted by Crippen LogP contribution is 2.29. The molecule has 0 amide bonds. The minimum absolute atomic E-state index is 0.792. The Balaban J connectivity index is 1.38. The number of piperazine rings is 1. The molecule has 2 aromatic carbocycles. The maximum absolute atomic E-state index is 4.69. The van der Waals surface area contributed by atoms with E-state index in [9.17, 15) is 0 Å². The van der Waals surface area contributed by atoms with Crippen LogP contribution in [0.4, 0.5) is 11.5 Å². The van der Waals surface area contributed by atoms with Crippen molar-refractivity contribution in [1.29, 1.82) is 0 Å². The molecule has 0 saturated carbocycles. The molecule has 1 aliphatic heterocycles. The molecule has 4 aromatic rings. The molecule has 6 nitrogen and oxygen atoms in total. The van der Waals surface area contributed by atoms with Gasteiger partial charge in [0, 0.05) is 55.6 Å². The Labute approximate surface area is 170 Å². The lowest BCUT2D eigenvalue weighted by Crippen LogP contribution is -2.43. The largest absolute Gasteiger partial charge is 0.381 e. The molecule has 2 aromatic heterocycles. The standard InChI is InChI=1S/C23H24N6/c1-2-4-17(5-3-1)15-25-19-7-8-21-20(14-19)23(28-27-21)18-6-9-22(26-16-18)29-12-10-24-11-13-29/h1-9,14,16,24-25H,10-13,15H2,(H,27,28). The summed E-state index contributed by atoms with van der Waals surface area (Å²) in [6.07, 6.45) is 1.93. The zero-order valence-electron chi connectivity index (χ0n) is 16.2. The van der Waals surface area contributed by atoms with Crippen molar-refractivity contribution >= 4 is 22.4 Å². The number of fused-ring (bicyclic) bond motifs is 1. The number of benzene rings is 2. The van der Waals surface area contributed by atoms with E-state index >= 15 is 0 Å². The third-order valence-electron chi connectivity index (χ3n) is 5.36. The zero-order valence-corrected chi connectivity index (χ0v) is 16.2. The average Bonchev–Trinajstić information content (AvgIpc) is 3.22. The van der Waals surface area contributed by atoms with Crippen molar-refractivity contribution in [3.63, 3.8) is 0 Å². The summed E-state index contributed by atoms with van der Waals surface area (Å²) in [7, 11) is 0. The molecule has 3 N–H and O–H groups in total. The van der Waals surface area contributed by atoms with E-state index in [1.54, 1.807) is 0 Å². The second kappa shape index (κ2) is 7.93. The van der Waals surface area contributed by atoms with Gasteiger partial charge in [-0.3, -0.25) is 5.10 Å². The molecule has 0 unspecified atom stereocenters. The molecule has 1 fully saturated rings. The molecule has 1 saturated heterocycles. The molecule has 0 bridgehead atoms. The van der Waals surface area contributed by atoms with Gasteiger partial charge in [-0.05, 0) is 35.9 Å². The second-order valence-electron chi connectivity index (χ2n) is 7.31. The first-order valence-corrected chi connectivity index (χ1v) is 10.0. The molecule has 0 radical (unpaired) electrons. The summed E-state index contributed by atoms with van der Waals surface area (Å²) in [6, 6.07) is 20.9. The Morgan fingerprint density at radius 1 is 0.966 bits per heavy atom. The zero-order chi connectivity index (χ0) is 19.5. The first-order chi connectivity index (χ1) is 14.4. The molecule has 5 rings (SSSR count). The molecule has 0 spiro atoms. The van der Waals surface area contributed by atoms with Crippen molar-refractivity contribution in [3.05, 3.63) is 72.4 Å². The van der Waals surface area contributed by atoms with E-state index in [-0.39, 0.29) is 0 Å². The van der Waals surface area contributed by atoms with Gasteiger partial charge in [0.2, 0.25) is 0 Å². The maximum Gasteiger partial charge on any atom is 0.128 e. The van der Waals surface area contributed by atoms with E-state index in [2.05, 4.69) is 80.3 Å². The molecular formula is C23H24N6. The van der Waals surface area contributed by atoms with Crippen molar-refractivity contribution < 1.29 is 0 Å². The van der Waals surface area contributed by atoms with E-state index in [0.717, 1.165) is 66.4 Å². The molecule has 1 aliphatic rings. The summed E-state index contributed by atoms with van der Waals surface area (Å²) in [5.74, 6) is 1.03. The monoisotopic (exact) mass is 384 g/mol. The minimum atomic E-state index is 0.792. The Morgan fingerprint density at radius 3 is 2.62 bits per heavy atom. The number of aromatic nitrogens is 3. The van der Waals surface area contributed by atoms with Gasteiger partial charge < -0.3 is 15.5 Å². The van der Waals surface area contributed by atoms with Gasteiger partial charge >= 0.3 is 0 Å². The predicted molar refractivity (Wildman–Crippen MR) is 118 cm³/mol. The van der Waals surface area contributed by atoms with Gasteiger partial charge in [0.25, 0.3) is 0 Å². The van der Waals surface area contributed by atoms with Gasteiger partial charge in [-0.2, -0.15) is 5.10 Å². The van der Waals surface area contributed by atoms with Crippen LogP contribution in [-0.2, 0) is 6.54 Å². The average molecular weight is 384 g/mol. The lowest BCUT2D eigenvalue weighted by Gasteiger charge is -2.28. The van der Waals surface area contributed by atoms with Crippen LogP contribution in [0.2, 0.25) is 0 Å². The molecule has 3 heterocycles.